The van der Waals surface area contributed by atoms with Crippen molar-refractivity contribution in [2.24, 2.45) is 0 Å². The zero-order chi connectivity index (χ0) is 27.3. The summed E-state index contributed by atoms with van der Waals surface area (Å²) in [6.07, 6.45) is 2.06. The molecule has 41 heavy (non-hydrogen) atoms. The van der Waals surface area contributed by atoms with Crippen LogP contribution in [0, 0.1) is 0 Å². The Balaban J connectivity index is 1.44. The van der Waals surface area contributed by atoms with Gasteiger partial charge in [0.15, 0.2) is 0 Å². The molecule has 3 heterocycles. The zero-order valence-corrected chi connectivity index (χ0v) is 21.9. The predicted octanol–water partition coefficient (Wildman–Crippen LogP) is 8.88. The number of anilines is 3. The van der Waals surface area contributed by atoms with Crippen molar-refractivity contribution in [2.75, 3.05) is 4.90 Å². The van der Waals surface area contributed by atoms with Gasteiger partial charge in [-0.2, -0.15) is 4.98 Å². The maximum Gasteiger partial charge on any atom is 0.281 e. The molecule has 194 valence electrons. The SMILES string of the molecule is O=c1nc2ccc(N(c3cccc(-c4ccccc4)c3)c3cccc4oc5ccccc5c34)cn2c2ccccc12. The maximum absolute atomic E-state index is 12.7. The van der Waals surface area contributed by atoms with Gasteiger partial charge in [0.05, 0.1) is 27.7 Å². The van der Waals surface area contributed by atoms with Gasteiger partial charge in [0.25, 0.3) is 5.56 Å². The Morgan fingerprint density at radius 2 is 1.34 bits per heavy atom. The van der Waals surface area contributed by atoms with Crippen molar-refractivity contribution in [2.45, 2.75) is 0 Å². The third-order valence-electron chi connectivity index (χ3n) is 7.61. The summed E-state index contributed by atoms with van der Waals surface area (Å²) in [5.74, 6) is 0. The first kappa shape index (κ1) is 23.2. The van der Waals surface area contributed by atoms with E-state index in [1.165, 1.54) is 0 Å². The third-order valence-corrected chi connectivity index (χ3v) is 7.61. The van der Waals surface area contributed by atoms with Crippen molar-refractivity contribution in [3.63, 3.8) is 0 Å². The lowest BCUT2D eigenvalue weighted by Crippen LogP contribution is -2.14. The molecule has 0 saturated carbocycles. The highest BCUT2D eigenvalue weighted by molar-refractivity contribution is 6.13. The van der Waals surface area contributed by atoms with Gasteiger partial charge in [-0.25, -0.2) is 0 Å². The minimum absolute atomic E-state index is 0.226. The van der Waals surface area contributed by atoms with Crippen LogP contribution in [-0.2, 0) is 0 Å². The van der Waals surface area contributed by atoms with Gasteiger partial charge in [0.2, 0.25) is 0 Å². The summed E-state index contributed by atoms with van der Waals surface area (Å²) in [5, 5.41) is 2.68. The number of nitrogens with zero attached hydrogens (tertiary/aromatic N) is 3. The maximum atomic E-state index is 12.7. The van der Waals surface area contributed by atoms with Crippen LogP contribution in [0.2, 0.25) is 0 Å². The fourth-order valence-corrected chi connectivity index (χ4v) is 5.75. The largest absolute Gasteiger partial charge is 0.456 e. The van der Waals surface area contributed by atoms with Gasteiger partial charge >= 0.3 is 0 Å². The van der Waals surface area contributed by atoms with Crippen LogP contribution in [-0.4, -0.2) is 9.38 Å². The second-order valence-corrected chi connectivity index (χ2v) is 10.0. The van der Waals surface area contributed by atoms with E-state index in [1.54, 1.807) is 0 Å². The summed E-state index contributed by atoms with van der Waals surface area (Å²) in [6, 6.07) is 44.8. The molecule has 3 aromatic heterocycles. The minimum Gasteiger partial charge on any atom is -0.456 e. The van der Waals surface area contributed by atoms with Crippen LogP contribution in [0.5, 0.6) is 0 Å². The fourth-order valence-electron chi connectivity index (χ4n) is 5.75. The molecule has 8 aromatic rings. The van der Waals surface area contributed by atoms with Crippen LogP contribution >= 0.6 is 0 Å². The molecule has 0 radical (unpaired) electrons. The van der Waals surface area contributed by atoms with Crippen molar-refractivity contribution in [1.29, 1.82) is 0 Å². The molecule has 0 aliphatic heterocycles. The Labute approximate surface area is 235 Å². The second-order valence-electron chi connectivity index (χ2n) is 10.0. The van der Waals surface area contributed by atoms with Gasteiger partial charge in [0, 0.05) is 17.3 Å². The number of benzene rings is 5. The molecular formula is C36H23N3O2. The van der Waals surface area contributed by atoms with E-state index >= 15 is 0 Å². The Morgan fingerprint density at radius 3 is 2.24 bits per heavy atom. The van der Waals surface area contributed by atoms with Crippen molar-refractivity contribution < 1.29 is 4.42 Å². The lowest BCUT2D eigenvalue weighted by molar-refractivity contribution is 0.669. The minimum atomic E-state index is -0.226. The van der Waals surface area contributed by atoms with Crippen LogP contribution in [0.1, 0.15) is 0 Å². The lowest BCUT2D eigenvalue weighted by Gasteiger charge is -2.27. The average molecular weight is 530 g/mol. The van der Waals surface area contributed by atoms with Crippen LogP contribution in [0.15, 0.2) is 149 Å². The summed E-state index contributed by atoms with van der Waals surface area (Å²) in [6.45, 7) is 0. The average Bonchev–Trinajstić information content (AvgIpc) is 3.42. The number of fused-ring (bicyclic) bond motifs is 6. The monoisotopic (exact) mass is 529 g/mol. The summed E-state index contributed by atoms with van der Waals surface area (Å²) < 4.78 is 8.27. The number of hydrogen-bond donors (Lipinski definition) is 0. The molecule has 0 fully saturated rings. The van der Waals surface area contributed by atoms with Gasteiger partial charge in [0.1, 0.15) is 16.8 Å². The van der Waals surface area contributed by atoms with Gasteiger partial charge in [-0.05, 0) is 65.7 Å². The first-order chi connectivity index (χ1) is 20.2. The number of aromatic nitrogens is 2. The van der Waals surface area contributed by atoms with E-state index in [0.29, 0.717) is 11.0 Å². The number of para-hydroxylation sites is 2. The van der Waals surface area contributed by atoms with Crippen molar-refractivity contribution in [3.8, 4) is 11.1 Å². The third kappa shape index (κ3) is 3.79. The highest BCUT2D eigenvalue weighted by Crippen LogP contribution is 2.43. The normalized spacial score (nSPS) is 11.5. The lowest BCUT2D eigenvalue weighted by atomic mass is 10.0. The molecule has 5 nitrogen and oxygen atoms in total. The Bertz CT molecular complexity index is 2300. The summed E-state index contributed by atoms with van der Waals surface area (Å²) in [7, 11) is 0. The van der Waals surface area contributed by atoms with E-state index in [9.17, 15) is 4.79 Å². The van der Waals surface area contributed by atoms with Crippen molar-refractivity contribution >= 4 is 55.6 Å². The molecule has 0 amide bonds. The highest BCUT2D eigenvalue weighted by atomic mass is 16.3. The molecule has 0 atom stereocenters. The molecule has 0 saturated heterocycles. The van der Waals surface area contributed by atoms with E-state index < -0.39 is 0 Å². The van der Waals surface area contributed by atoms with Crippen LogP contribution in [0.25, 0.3) is 49.6 Å². The van der Waals surface area contributed by atoms with Crippen LogP contribution < -0.4 is 10.5 Å². The van der Waals surface area contributed by atoms with Crippen LogP contribution in [0.3, 0.4) is 0 Å². The Morgan fingerprint density at radius 1 is 0.610 bits per heavy atom. The molecule has 0 bridgehead atoms. The molecule has 0 unspecified atom stereocenters. The summed E-state index contributed by atoms with van der Waals surface area (Å²) in [5.41, 5.74) is 8.05. The molecule has 5 aromatic carbocycles. The fraction of sp³-hybridized carbons (Fsp3) is 0. The van der Waals surface area contributed by atoms with Crippen molar-refractivity contribution in [3.05, 3.63) is 150 Å². The smallest absolute Gasteiger partial charge is 0.281 e. The Kier molecular flexibility index (Phi) is 5.22. The molecular weight excluding hydrogens is 506 g/mol. The van der Waals surface area contributed by atoms with E-state index in [4.69, 9.17) is 4.42 Å². The molecule has 0 N–H and O–H groups in total. The first-order valence-corrected chi connectivity index (χ1v) is 13.5. The number of rotatable bonds is 4. The molecule has 5 heteroatoms. The number of furan rings is 1. The predicted molar refractivity (Wildman–Crippen MR) is 166 cm³/mol. The van der Waals surface area contributed by atoms with Crippen LogP contribution in [0.4, 0.5) is 17.1 Å². The van der Waals surface area contributed by atoms with Gasteiger partial charge in [-0.3, -0.25) is 9.20 Å². The van der Waals surface area contributed by atoms with Gasteiger partial charge in [-0.15, -0.1) is 0 Å². The molecule has 0 aliphatic rings. The Hall–Kier alpha value is -5.68. The van der Waals surface area contributed by atoms with E-state index in [-0.39, 0.29) is 5.56 Å². The topological polar surface area (TPSA) is 50.8 Å². The molecule has 0 aliphatic carbocycles. The van der Waals surface area contributed by atoms with Gasteiger partial charge < -0.3 is 9.32 Å². The zero-order valence-electron chi connectivity index (χ0n) is 21.9. The van der Waals surface area contributed by atoms with Gasteiger partial charge in [-0.1, -0.05) is 78.9 Å². The van der Waals surface area contributed by atoms with E-state index in [1.807, 2.05) is 77.2 Å². The standard InChI is InChI=1S/C36H23N3O2/c40-36-28-14-4-6-16-30(28)38-23-27(20-21-34(38)37-36)39(26-13-8-12-25(22-26)24-10-2-1-3-11-24)31-17-9-19-33-35(31)29-15-5-7-18-32(29)41-33/h1-23H. The first-order valence-electron chi connectivity index (χ1n) is 13.5. The second kappa shape index (κ2) is 9.21. The number of pyridine rings is 1. The van der Waals surface area contributed by atoms with Crippen molar-refractivity contribution in [1.82, 2.24) is 9.38 Å². The quantitative estimate of drug-likeness (QED) is 0.214. The van der Waals surface area contributed by atoms with E-state index in [0.717, 1.165) is 55.6 Å². The molecule has 0 spiro atoms. The summed E-state index contributed by atoms with van der Waals surface area (Å²) >= 11 is 0. The van der Waals surface area contributed by atoms with E-state index in [2.05, 4.69) is 76.7 Å². The summed E-state index contributed by atoms with van der Waals surface area (Å²) in [4.78, 5) is 19.3. The number of hydrogen-bond acceptors (Lipinski definition) is 4. The highest BCUT2D eigenvalue weighted by Gasteiger charge is 2.20. The molecule has 8 rings (SSSR count).